The van der Waals surface area contributed by atoms with Gasteiger partial charge in [0.15, 0.2) is 0 Å². The predicted octanol–water partition coefficient (Wildman–Crippen LogP) is 2.65. The van der Waals surface area contributed by atoms with Crippen molar-refractivity contribution in [3.63, 3.8) is 0 Å². The zero-order valence-corrected chi connectivity index (χ0v) is 8.93. The van der Waals surface area contributed by atoms with Crippen molar-refractivity contribution in [2.75, 3.05) is 0 Å². The number of benzene rings is 1. The second-order valence-corrected chi connectivity index (χ2v) is 3.27. The normalized spacial score (nSPS) is 11.5. The maximum absolute atomic E-state index is 10.8. The highest BCUT2D eigenvalue weighted by Gasteiger charge is 2.18. The summed E-state index contributed by atoms with van der Waals surface area (Å²) in [5.74, 6) is -0.431. The Balaban J connectivity index is 2.76. The number of ether oxygens (including phenoxy) is 1. The van der Waals surface area contributed by atoms with Crippen molar-refractivity contribution in [3.05, 3.63) is 55.1 Å². The van der Waals surface area contributed by atoms with Crippen LogP contribution in [-0.2, 0) is 4.79 Å². The average Bonchev–Trinajstić information content (AvgIpc) is 2.29. The molecule has 1 rings (SSSR count). The van der Waals surface area contributed by atoms with Gasteiger partial charge in [-0.05, 0) is 12.1 Å². The summed E-state index contributed by atoms with van der Waals surface area (Å²) in [4.78, 5) is 10.8. The minimum absolute atomic E-state index is 0.0313. The SMILES string of the molecule is C=CCC(Oc1ccccc1)C(=C)C(=O)O. The summed E-state index contributed by atoms with van der Waals surface area (Å²) in [6.45, 7) is 7.07. The molecular weight excluding hydrogens is 204 g/mol. The van der Waals surface area contributed by atoms with E-state index in [9.17, 15) is 4.79 Å². The Labute approximate surface area is 94.7 Å². The molecule has 3 nitrogen and oxygen atoms in total. The molecule has 0 spiro atoms. The molecule has 0 heterocycles. The number of carbonyl (C=O) groups is 1. The van der Waals surface area contributed by atoms with Gasteiger partial charge in [0.25, 0.3) is 0 Å². The maximum atomic E-state index is 10.8. The number of aliphatic carboxylic acids is 1. The zero-order chi connectivity index (χ0) is 12.0. The lowest BCUT2D eigenvalue weighted by Gasteiger charge is -2.17. The van der Waals surface area contributed by atoms with E-state index in [1.165, 1.54) is 0 Å². The van der Waals surface area contributed by atoms with Crippen LogP contribution in [0.4, 0.5) is 0 Å². The number of hydrogen-bond donors (Lipinski definition) is 1. The van der Waals surface area contributed by atoms with Crippen LogP contribution in [0.3, 0.4) is 0 Å². The van der Waals surface area contributed by atoms with Crippen LogP contribution in [0, 0.1) is 0 Å². The van der Waals surface area contributed by atoms with Gasteiger partial charge in [-0.15, -0.1) is 6.58 Å². The molecule has 1 aromatic rings. The first kappa shape index (κ1) is 12.0. The van der Waals surface area contributed by atoms with Gasteiger partial charge in [0.2, 0.25) is 0 Å². The molecular formula is C13H14O3. The molecule has 0 aliphatic carbocycles. The Hall–Kier alpha value is -2.03. The van der Waals surface area contributed by atoms with E-state index in [2.05, 4.69) is 13.2 Å². The molecule has 0 bridgehead atoms. The summed E-state index contributed by atoms with van der Waals surface area (Å²) in [6.07, 6.45) is 1.46. The molecule has 0 fully saturated rings. The average molecular weight is 218 g/mol. The fourth-order valence-corrected chi connectivity index (χ4v) is 1.21. The molecule has 3 heteroatoms. The van der Waals surface area contributed by atoms with Crippen LogP contribution in [0.25, 0.3) is 0 Å². The lowest BCUT2D eigenvalue weighted by molar-refractivity contribution is -0.133. The first-order valence-corrected chi connectivity index (χ1v) is 4.90. The zero-order valence-electron chi connectivity index (χ0n) is 8.93. The van der Waals surface area contributed by atoms with E-state index in [0.717, 1.165) is 0 Å². The van der Waals surface area contributed by atoms with Gasteiger partial charge >= 0.3 is 5.97 Å². The fourth-order valence-electron chi connectivity index (χ4n) is 1.21. The van der Waals surface area contributed by atoms with E-state index in [1.807, 2.05) is 18.2 Å². The quantitative estimate of drug-likeness (QED) is 0.589. The minimum atomic E-state index is -1.05. The first-order chi connectivity index (χ1) is 7.65. The van der Waals surface area contributed by atoms with Crippen molar-refractivity contribution in [2.45, 2.75) is 12.5 Å². The van der Waals surface area contributed by atoms with Gasteiger partial charge in [-0.1, -0.05) is 30.9 Å². The summed E-state index contributed by atoms with van der Waals surface area (Å²) in [5.41, 5.74) is 0.0313. The van der Waals surface area contributed by atoms with Gasteiger partial charge in [0.05, 0.1) is 5.57 Å². The Kier molecular flexibility index (Phi) is 4.33. The summed E-state index contributed by atoms with van der Waals surface area (Å²) in [7, 11) is 0. The summed E-state index contributed by atoms with van der Waals surface area (Å²) in [5, 5.41) is 8.84. The third kappa shape index (κ3) is 3.28. The van der Waals surface area contributed by atoms with Crippen LogP contribution < -0.4 is 4.74 Å². The van der Waals surface area contributed by atoms with Gasteiger partial charge in [-0.2, -0.15) is 0 Å². The molecule has 0 saturated heterocycles. The summed E-state index contributed by atoms with van der Waals surface area (Å²) >= 11 is 0. The third-order valence-electron chi connectivity index (χ3n) is 2.07. The van der Waals surface area contributed by atoms with E-state index >= 15 is 0 Å². The largest absolute Gasteiger partial charge is 0.485 e. The molecule has 0 saturated carbocycles. The van der Waals surface area contributed by atoms with E-state index in [-0.39, 0.29) is 5.57 Å². The Morgan fingerprint density at radius 1 is 1.44 bits per heavy atom. The Morgan fingerprint density at radius 3 is 2.56 bits per heavy atom. The van der Waals surface area contributed by atoms with Crippen molar-refractivity contribution in [3.8, 4) is 5.75 Å². The second kappa shape index (κ2) is 5.75. The minimum Gasteiger partial charge on any atom is -0.485 e. The molecule has 1 atom stereocenters. The van der Waals surface area contributed by atoms with Crippen LogP contribution in [0.2, 0.25) is 0 Å². The lowest BCUT2D eigenvalue weighted by Crippen LogP contribution is -2.23. The smallest absolute Gasteiger partial charge is 0.334 e. The van der Waals surface area contributed by atoms with Crippen LogP contribution in [0.5, 0.6) is 5.75 Å². The Bertz CT molecular complexity index is 381. The predicted molar refractivity (Wildman–Crippen MR) is 62.4 cm³/mol. The van der Waals surface area contributed by atoms with Crippen molar-refractivity contribution in [1.82, 2.24) is 0 Å². The van der Waals surface area contributed by atoms with Gasteiger partial charge < -0.3 is 9.84 Å². The second-order valence-electron chi connectivity index (χ2n) is 3.27. The van der Waals surface area contributed by atoms with E-state index in [0.29, 0.717) is 12.2 Å². The van der Waals surface area contributed by atoms with Crippen LogP contribution in [0.1, 0.15) is 6.42 Å². The Morgan fingerprint density at radius 2 is 2.06 bits per heavy atom. The monoisotopic (exact) mass is 218 g/mol. The van der Waals surface area contributed by atoms with Crippen molar-refractivity contribution < 1.29 is 14.6 Å². The number of rotatable bonds is 6. The first-order valence-electron chi connectivity index (χ1n) is 4.90. The van der Waals surface area contributed by atoms with Gasteiger partial charge in [-0.25, -0.2) is 4.79 Å². The van der Waals surface area contributed by atoms with Crippen molar-refractivity contribution in [2.24, 2.45) is 0 Å². The van der Waals surface area contributed by atoms with E-state index < -0.39 is 12.1 Å². The maximum Gasteiger partial charge on any atom is 0.334 e. The lowest BCUT2D eigenvalue weighted by atomic mass is 10.1. The van der Waals surface area contributed by atoms with Crippen molar-refractivity contribution in [1.29, 1.82) is 0 Å². The molecule has 0 aliphatic rings. The number of para-hydroxylation sites is 1. The van der Waals surface area contributed by atoms with E-state index in [1.54, 1.807) is 18.2 Å². The number of carboxylic acid groups (broad SMARTS) is 1. The van der Waals surface area contributed by atoms with Gasteiger partial charge in [0.1, 0.15) is 11.9 Å². The standard InChI is InChI=1S/C13H14O3/c1-3-7-12(10(2)13(14)15)16-11-8-5-4-6-9-11/h3-6,8-9,12H,1-2,7H2,(H,14,15). The topological polar surface area (TPSA) is 46.5 Å². The molecule has 1 aromatic carbocycles. The highest BCUT2D eigenvalue weighted by molar-refractivity contribution is 5.87. The fraction of sp³-hybridized carbons (Fsp3) is 0.154. The molecule has 0 amide bonds. The summed E-state index contributed by atoms with van der Waals surface area (Å²) in [6, 6.07) is 9.05. The third-order valence-corrected chi connectivity index (χ3v) is 2.07. The molecule has 1 unspecified atom stereocenters. The van der Waals surface area contributed by atoms with Crippen molar-refractivity contribution >= 4 is 5.97 Å². The van der Waals surface area contributed by atoms with Crippen LogP contribution in [-0.4, -0.2) is 17.2 Å². The number of carboxylic acids is 1. The van der Waals surface area contributed by atoms with Crippen LogP contribution in [0.15, 0.2) is 55.1 Å². The molecule has 0 aromatic heterocycles. The van der Waals surface area contributed by atoms with E-state index in [4.69, 9.17) is 9.84 Å². The molecule has 16 heavy (non-hydrogen) atoms. The highest BCUT2D eigenvalue weighted by Crippen LogP contribution is 2.17. The molecule has 0 aliphatic heterocycles. The summed E-state index contributed by atoms with van der Waals surface area (Å²) < 4.78 is 5.53. The van der Waals surface area contributed by atoms with Gasteiger partial charge in [-0.3, -0.25) is 0 Å². The van der Waals surface area contributed by atoms with Crippen LogP contribution >= 0.6 is 0 Å². The van der Waals surface area contributed by atoms with Gasteiger partial charge in [0, 0.05) is 6.42 Å². The molecule has 0 radical (unpaired) electrons. The molecule has 1 N–H and O–H groups in total. The molecule has 84 valence electrons. The highest BCUT2D eigenvalue weighted by atomic mass is 16.5. The number of hydrogen-bond acceptors (Lipinski definition) is 2.